The van der Waals surface area contributed by atoms with Crippen LogP contribution in [0.2, 0.25) is 0 Å². The van der Waals surface area contributed by atoms with E-state index in [1.807, 2.05) is 0 Å². The molecule has 1 aromatic carbocycles. The van der Waals surface area contributed by atoms with Gasteiger partial charge in [-0.25, -0.2) is 14.2 Å². The number of rotatable bonds is 7. The van der Waals surface area contributed by atoms with Crippen molar-refractivity contribution >= 4 is 28.7 Å². The van der Waals surface area contributed by atoms with Crippen molar-refractivity contribution in [2.75, 3.05) is 0 Å². The highest BCUT2D eigenvalue weighted by Crippen LogP contribution is 2.46. The van der Waals surface area contributed by atoms with Crippen molar-refractivity contribution in [3.8, 4) is 11.4 Å². The summed E-state index contributed by atoms with van der Waals surface area (Å²) in [5, 5.41) is 15.4. The van der Waals surface area contributed by atoms with Gasteiger partial charge in [0, 0.05) is 35.0 Å². The molecular formula is C33H37FN4O7. The molecule has 0 spiro atoms. The number of amides is 1. The van der Waals surface area contributed by atoms with E-state index in [2.05, 4.69) is 5.32 Å². The number of aromatic nitrogens is 2. The van der Waals surface area contributed by atoms with Crippen molar-refractivity contribution in [2.24, 2.45) is 5.73 Å². The summed E-state index contributed by atoms with van der Waals surface area (Å²) in [7, 11) is 0. The van der Waals surface area contributed by atoms with E-state index in [9.17, 15) is 24.3 Å². The minimum Gasteiger partial charge on any atom is -0.460 e. The van der Waals surface area contributed by atoms with Crippen LogP contribution < -0.4 is 16.6 Å². The van der Waals surface area contributed by atoms with Crippen molar-refractivity contribution in [3.63, 3.8) is 0 Å². The Hall–Kier alpha value is -4.16. The average Bonchev–Trinajstić information content (AvgIpc) is 3.34. The normalized spacial score (nSPS) is 20.7. The predicted molar refractivity (Wildman–Crippen MR) is 161 cm³/mol. The number of nitrogens with two attached hydrogens (primary N) is 1. The number of benzene rings is 1. The number of esters is 2. The van der Waals surface area contributed by atoms with Gasteiger partial charge in [0.05, 0.1) is 35.1 Å². The lowest BCUT2D eigenvalue weighted by Crippen LogP contribution is -2.44. The monoisotopic (exact) mass is 620 g/mol. The SMILES string of the molecule is CC[C@@]1(O)C(=O)OCc2c1cc1n(c2=O)Cc2c-1nc1cc(F)c(C)c3c1c2[C@@H](N[C@@H](CCC(=O)OC(C)(C)C)C(N)=O)CC3. The van der Waals surface area contributed by atoms with Crippen LogP contribution in [0.25, 0.3) is 22.3 Å². The summed E-state index contributed by atoms with van der Waals surface area (Å²) < 4.78 is 27.3. The van der Waals surface area contributed by atoms with E-state index >= 15 is 4.39 Å². The fraction of sp³-hybridized carbons (Fsp3) is 0.485. The van der Waals surface area contributed by atoms with Gasteiger partial charge in [-0.3, -0.25) is 19.7 Å². The smallest absolute Gasteiger partial charge is 0.343 e. The van der Waals surface area contributed by atoms with Crippen molar-refractivity contribution in [1.82, 2.24) is 14.9 Å². The zero-order valence-electron chi connectivity index (χ0n) is 26.0. The Bertz CT molecular complexity index is 1860. The zero-order chi connectivity index (χ0) is 32.6. The maximum absolute atomic E-state index is 15.2. The van der Waals surface area contributed by atoms with Crippen LogP contribution in [0.15, 0.2) is 16.9 Å². The van der Waals surface area contributed by atoms with Crippen LogP contribution in [-0.2, 0) is 49.0 Å². The van der Waals surface area contributed by atoms with Crippen molar-refractivity contribution in [2.45, 2.75) is 103 Å². The molecule has 0 bridgehead atoms. The molecule has 1 amide bonds. The van der Waals surface area contributed by atoms with E-state index in [1.165, 1.54) is 10.6 Å². The van der Waals surface area contributed by atoms with Crippen molar-refractivity contribution < 1.29 is 33.4 Å². The van der Waals surface area contributed by atoms with Crippen LogP contribution in [0, 0.1) is 12.7 Å². The van der Waals surface area contributed by atoms with Gasteiger partial charge in [-0.05, 0) is 76.1 Å². The summed E-state index contributed by atoms with van der Waals surface area (Å²) in [6.07, 6.45) is 1.10. The Morgan fingerprint density at radius 2 is 2.00 bits per heavy atom. The molecule has 0 saturated carbocycles. The van der Waals surface area contributed by atoms with Gasteiger partial charge in [0.15, 0.2) is 5.60 Å². The molecule has 0 fully saturated rings. The Balaban J connectivity index is 1.48. The highest BCUT2D eigenvalue weighted by atomic mass is 19.1. The van der Waals surface area contributed by atoms with Crippen LogP contribution >= 0.6 is 0 Å². The van der Waals surface area contributed by atoms with E-state index in [1.54, 1.807) is 40.7 Å². The molecule has 6 rings (SSSR count). The third-order valence-electron chi connectivity index (χ3n) is 9.18. The lowest BCUT2D eigenvalue weighted by Gasteiger charge is -2.32. The molecule has 2 aromatic heterocycles. The van der Waals surface area contributed by atoms with Crippen LogP contribution in [0.4, 0.5) is 4.39 Å². The van der Waals surface area contributed by atoms with Gasteiger partial charge in [-0.1, -0.05) is 6.92 Å². The fourth-order valence-electron chi connectivity index (χ4n) is 6.93. The average molecular weight is 621 g/mol. The van der Waals surface area contributed by atoms with Crippen LogP contribution in [0.5, 0.6) is 0 Å². The molecule has 0 saturated heterocycles. The third-order valence-corrected chi connectivity index (χ3v) is 9.18. The zero-order valence-corrected chi connectivity index (χ0v) is 26.0. The molecule has 0 radical (unpaired) electrons. The molecule has 1 aliphatic carbocycles. The Labute approximate surface area is 258 Å². The summed E-state index contributed by atoms with van der Waals surface area (Å²) in [5.74, 6) is -2.30. The molecule has 11 nitrogen and oxygen atoms in total. The third kappa shape index (κ3) is 5.00. The highest BCUT2D eigenvalue weighted by molar-refractivity contribution is 5.93. The van der Waals surface area contributed by atoms with Gasteiger partial charge in [0.1, 0.15) is 18.0 Å². The minimum atomic E-state index is -1.99. The van der Waals surface area contributed by atoms with E-state index in [-0.39, 0.29) is 43.5 Å². The number of carbonyl (C=O) groups excluding carboxylic acids is 3. The van der Waals surface area contributed by atoms with E-state index in [4.69, 9.17) is 20.2 Å². The molecule has 2 aliphatic heterocycles. The lowest BCUT2D eigenvalue weighted by atomic mass is 9.81. The first-order chi connectivity index (χ1) is 21.1. The number of aryl methyl sites for hydroxylation is 1. The number of nitrogens with zero attached hydrogens (tertiary/aromatic N) is 2. The minimum absolute atomic E-state index is 0.00261. The number of primary amides is 1. The number of halogens is 1. The summed E-state index contributed by atoms with van der Waals surface area (Å²) in [4.78, 5) is 56.3. The first-order valence-electron chi connectivity index (χ1n) is 15.2. The molecule has 4 heterocycles. The van der Waals surface area contributed by atoms with E-state index < -0.39 is 52.5 Å². The standard InChI is InChI=1S/C33H37FN4O7/c1-6-33(43)19-11-24-28-17(13-38(24)30(41)18(19)14-44-31(33)42)27-21(8-7-16-15(2)20(34)12-23(37-28)26(16)27)36-22(29(35)40)9-10-25(39)45-32(3,4)5/h11-12,21-22,36,43H,6-10,13-14H2,1-5H3,(H2,35,40)/t21-,22-,33-/m0/s1. The Kier molecular flexibility index (Phi) is 7.36. The van der Waals surface area contributed by atoms with Crippen LogP contribution in [-0.4, -0.2) is 44.1 Å². The number of cyclic esters (lactones) is 1. The number of nitrogens with one attached hydrogen (secondary N) is 1. The molecule has 3 aliphatic rings. The second-order valence-electron chi connectivity index (χ2n) is 13.1. The van der Waals surface area contributed by atoms with Crippen molar-refractivity contribution in [3.05, 3.63) is 61.7 Å². The molecule has 3 aromatic rings. The van der Waals surface area contributed by atoms with Crippen LogP contribution in [0.1, 0.15) is 92.8 Å². The Morgan fingerprint density at radius 1 is 1.27 bits per heavy atom. The van der Waals surface area contributed by atoms with Gasteiger partial charge >= 0.3 is 11.9 Å². The van der Waals surface area contributed by atoms with Gasteiger partial charge in [-0.2, -0.15) is 0 Å². The topological polar surface area (TPSA) is 163 Å². The number of hydrogen-bond acceptors (Lipinski definition) is 9. The number of aliphatic hydroxyl groups is 1. The predicted octanol–water partition coefficient (Wildman–Crippen LogP) is 3.08. The van der Waals surface area contributed by atoms with Gasteiger partial charge < -0.3 is 24.9 Å². The number of pyridine rings is 2. The lowest BCUT2D eigenvalue weighted by molar-refractivity contribution is -0.172. The summed E-state index contributed by atoms with van der Waals surface area (Å²) in [6, 6.07) is 1.68. The number of fused-ring (bicyclic) bond motifs is 5. The molecule has 45 heavy (non-hydrogen) atoms. The summed E-state index contributed by atoms with van der Waals surface area (Å²) in [6.45, 7) is 8.53. The number of ether oxygens (including phenoxy) is 2. The van der Waals surface area contributed by atoms with Gasteiger partial charge in [-0.15, -0.1) is 0 Å². The number of carbonyl (C=O) groups is 3. The van der Waals surface area contributed by atoms with Crippen LogP contribution in [0.3, 0.4) is 0 Å². The molecule has 238 valence electrons. The second-order valence-corrected chi connectivity index (χ2v) is 13.1. The fourth-order valence-corrected chi connectivity index (χ4v) is 6.93. The molecule has 3 atom stereocenters. The summed E-state index contributed by atoms with van der Waals surface area (Å²) >= 11 is 0. The second kappa shape index (κ2) is 10.7. The van der Waals surface area contributed by atoms with E-state index in [0.29, 0.717) is 40.9 Å². The quantitative estimate of drug-likeness (QED) is 0.264. The summed E-state index contributed by atoms with van der Waals surface area (Å²) in [5.41, 5.74) is 7.14. The number of hydrogen-bond donors (Lipinski definition) is 3. The van der Waals surface area contributed by atoms with Gasteiger partial charge in [0.25, 0.3) is 5.56 Å². The van der Waals surface area contributed by atoms with Crippen molar-refractivity contribution in [1.29, 1.82) is 0 Å². The molecular weight excluding hydrogens is 583 g/mol. The highest BCUT2D eigenvalue weighted by Gasteiger charge is 2.46. The maximum atomic E-state index is 15.2. The molecule has 4 N–H and O–H groups in total. The Morgan fingerprint density at radius 3 is 2.67 bits per heavy atom. The first-order valence-corrected chi connectivity index (χ1v) is 15.2. The largest absolute Gasteiger partial charge is 0.460 e. The van der Waals surface area contributed by atoms with Gasteiger partial charge in [0.2, 0.25) is 5.91 Å². The molecule has 0 unspecified atom stereocenters. The van der Waals surface area contributed by atoms with E-state index in [0.717, 1.165) is 16.5 Å². The molecule has 12 heteroatoms. The maximum Gasteiger partial charge on any atom is 0.343 e. The first kappa shape index (κ1) is 30.8.